The number of benzene rings is 2. The topological polar surface area (TPSA) is 58.2 Å². The molecule has 21 heavy (non-hydrogen) atoms. The molecule has 0 aliphatic carbocycles. The van der Waals surface area contributed by atoms with Gasteiger partial charge in [0.05, 0.1) is 0 Å². The number of hydrogen-bond donors (Lipinski definition) is 2. The van der Waals surface area contributed by atoms with Crippen LogP contribution in [0.3, 0.4) is 0 Å². The second-order valence-corrected chi connectivity index (χ2v) is 5.32. The average molecular weight is 300 g/mol. The van der Waals surface area contributed by atoms with Gasteiger partial charge in [-0.1, -0.05) is 6.07 Å². The van der Waals surface area contributed by atoms with Gasteiger partial charge in [0.25, 0.3) is 5.91 Å². The lowest BCUT2D eigenvalue weighted by Gasteiger charge is -2.07. The molecule has 0 saturated carbocycles. The molecule has 0 bridgehead atoms. The summed E-state index contributed by atoms with van der Waals surface area (Å²) in [5, 5.41) is 5.52. The predicted octanol–water partition coefficient (Wildman–Crippen LogP) is 3.62. The first-order valence-corrected chi connectivity index (χ1v) is 7.64. The van der Waals surface area contributed by atoms with E-state index in [0.29, 0.717) is 11.3 Å². The fraction of sp³-hybridized carbons (Fsp3) is 0.125. The summed E-state index contributed by atoms with van der Waals surface area (Å²) in [6, 6.07) is 14.4. The molecule has 0 aliphatic rings. The van der Waals surface area contributed by atoms with Gasteiger partial charge in [-0.2, -0.15) is 0 Å². The van der Waals surface area contributed by atoms with Crippen LogP contribution in [-0.2, 0) is 4.79 Å². The zero-order chi connectivity index (χ0) is 15.2. The maximum Gasteiger partial charge on any atom is 0.255 e. The summed E-state index contributed by atoms with van der Waals surface area (Å²) in [5.74, 6) is -0.316. The number of nitrogens with one attached hydrogen (secondary N) is 2. The van der Waals surface area contributed by atoms with Crippen LogP contribution in [0, 0.1) is 0 Å². The summed E-state index contributed by atoms with van der Waals surface area (Å²) >= 11 is 1.62. The second kappa shape index (κ2) is 6.95. The second-order valence-electron chi connectivity index (χ2n) is 4.44. The zero-order valence-electron chi connectivity index (χ0n) is 11.8. The van der Waals surface area contributed by atoms with Crippen LogP contribution in [0.4, 0.5) is 11.4 Å². The summed E-state index contributed by atoms with van der Waals surface area (Å²) in [6.07, 6.45) is 1.99. The van der Waals surface area contributed by atoms with Gasteiger partial charge < -0.3 is 10.6 Å². The van der Waals surface area contributed by atoms with Crippen LogP contribution < -0.4 is 10.6 Å². The van der Waals surface area contributed by atoms with Crippen LogP contribution in [0.2, 0.25) is 0 Å². The normalized spacial score (nSPS) is 10.0. The minimum absolute atomic E-state index is 0.138. The van der Waals surface area contributed by atoms with Crippen molar-refractivity contribution in [1.29, 1.82) is 0 Å². The lowest BCUT2D eigenvalue weighted by molar-refractivity contribution is -0.114. The SMILES string of the molecule is CSc1cccc(NC(=O)c2ccc(NC(C)=O)cc2)c1. The Hall–Kier alpha value is -2.27. The maximum absolute atomic E-state index is 12.1. The van der Waals surface area contributed by atoms with Crippen molar-refractivity contribution in [3.05, 3.63) is 54.1 Å². The van der Waals surface area contributed by atoms with E-state index >= 15 is 0 Å². The number of amides is 2. The number of thioether (sulfide) groups is 1. The Labute approximate surface area is 127 Å². The van der Waals surface area contributed by atoms with Gasteiger partial charge in [-0.05, 0) is 48.7 Å². The zero-order valence-corrected chi connectivity index (χ0v) is 12.7. The van der Waals surface area contributed by atoms with E-state index in [9.17, 15) is 9.59 Å². The lowest BCUT2D eigenvalue weighted by Crippen LogP contribution is -2.12. The highest BCUT2D eigenvalue weighted by molar-refractivity contribution is 7.98. The van der Waals surface area contributed by atoms with E-state index in [1.807, 2.05) is 30.5 Å². The molecule has 2 aromatic carbocycles. The lowest BCUT2D eigenvalue weighted by atomic mass is 10.2. The van der Waals surface area contributed by atoms with E-state index in [1.54, 1.807) is 36.0 Å². The summed E-state index contributed by atoms with van der Waals surface area (Å²) in [4.78, 5) is 24.2. The first kappa shape index (κ1) is 15.1. The standard InChI is InChI=1S/C16H16N2O2S/c1-11(19)17-13-8-6-12(7-9-13)16(20)18-14-4-3-5-15(10-14)21-2/h3-10H,1-2H3,(H,17,19)(H,18,20). The fourth-order valence-electron chi connectivity index (χ4n) is 1.81. The fourth-order valence-corrected chi connectivity index (χ4v) is 2.27. The van der Waals surface area contributed by atoms with E-state index in [2.05, 4.69) is 10.6 Å². The highest BCUT2D eigenvalue weighted by Crippen LogP contribution is 2.19. The molecule has 4 nitrogen and oxygen atoms in total. The van der Waals surface area contributed by atoms with Crippen LogP contribution in [0.5, 0.6) is 0 Å². The minimum Gasteiger partial charge on any atom is -0.326 e. The Bertz CT molecular complexity index is 654. The van der Waals surface area contributed by atoms with Gasteiger partial charge in [0.1, 0.15) is 0 Å². The van der Waals surface area contributed by atoms with Gasteiger partial charge in [0.2, 0.25) is 5.91 Å². The smallest absolute Gasteiger partial charge is 0.255 e. The molecule has 0 unspecified atom stereocenters. The first-order chi connectivity index (χ1) is 10.1. The molecule has 5 heteroatoms. The van der Waals surface area contributed by atoms with Crippen LogP contribution in [0.15, 0.2) is 53.4 Å². The third kappa shape index (κ3) is 4.36. The molecule has 2 N–H and O–H groups in total. The number of rotatable bonds is 4. The van der Waals surface area contributed by atoms with Crippen molar-refractivity contribution in [2.75, 3.05) is 16.9 Å². The Balaban J connectivity index is 2.07. The van der Waals surface area contributed by atoms with Gasteiger partial charge in [0, 0.05) is 28.8 Å². The molecule has 0 radical (unpaired) electrons. The molecule has 0 aromatic heterocycles. The molecule has 0 aliphatic heterocycles. The predicted molar refractivity (Wildman–Crippen MR) is 86.9 cm³/mol. The molecule has 108 valence electrons. The average Bonchev–Trinajstić information content (AvgIpc) is 2.47. The van der Waals surface area contributed by atoms with Gasteiger partial charge in [0.15, 0.2) is 0 Å². The molecule has 2 aromatic rings. The molecule has 0 saturated heterocycles. The van der Waals surface area contributed by atoms with E-state index in [0.717, 1.165) is 10.6 Å². The van der Waals surface area contributed by atoms with E-state index in [-0.39, 0.29) is 11.8 Å². The Morgan fingerprint density at radius 3 is 2.29 bits per heavy atom. The van der Waals surface area contributed by atoms with Crippen molar-refractivity contribution in [2.24, 2.45) is 0 Å². The number of carbonyl (C=O) groups excluding carboxylic acids is 2. The quantitative estimate of drug-likeness (QED) is 0.848. The number of hydrogen-bond acceptors (Lipinski definition) is 3. The van der Waals surface area contributed by atoms with Crippen molar-refractivity contribution in [2.45, 2.75) is 11.8 Å². The van der Waals surface area contributed by atoms with Crippen molar-refractivity contribution >= 4 is 35.0 Å². The highest BCUT2D eigenvalue weighted by Gasteiger charge is 2.06. The van der Waals surface area contributed by atoms with Crippen molar-refractivity contribution in [3.63, 3.8) is 0 Å². The van der Waals surface area contributed by atoms with Crippen molar-refractivity contribution in [1.82, 2.24) is 0 Å². The number of anilines is 2. The minimum atomic E-state index is -0.178. The van der Waals surface area contributed by atoms with Gasteiger partial charge in [-0.3, -0.25) is 9.59 Å². The molecule has 0 heterocycles. The summed E-state index contributed by atoms with van der Waals surface area (Å²) in [6.45, 7) is 1.44. The molecule has 0 atom stereocenters. The Morgan fingerprint density at radius 2 is 1.67 bits per heavy atom. The van der Waals surface area contributed by atoms with Crippen molar-refractivity contribution in [3.8, 4) is 0 Å². The summed E-state index contributed by atoms with van der Waals surface area (Å²) in [5.41, 5.74) is 1.97. The van der Waals surface area contributed by atoms with Crippen LogP contribution >= 0.6 is 11.8 Å². The Kier molecular flexibility index (Phi) is 5.00. The van der Waals surface area contributed by atoms with Crippen LogP contribution in [0.1, 0.15) is 17.3 Å². The highest BCUT2D eigenvalue weighted by atomic mass is 32.2. The van der Waals surface area contributed by atoms with Crippen LogP contribution in [0.25, 0.3) is 0 Å². The molecule has 2 amide bonds. The van der Waals surface area contributed by atoms with E-state index < -0.39 is 0 Å². The molecule has 2 rings (SSSR count). The molecule has 0 fully saturated rings. The number of carbonyl (C=O) groups is 2. The van der Waals surface area contributed by atoms with Crippen LogP contribution in [-0.4, -0.2) is 18.1 Å². The van der Waals surface area contributed by atoms with Gasteiger partial charge in [-0.25, -0.2) is 0 Å². The Morgan fingerprint density at radius 1 is 0.952 bits per heavy atom. The summed E-state index contributed by atoms with van der Waals surface area (Å²) in [7, 11) is 0. The maximum atomic E-state index is 12.1. The van der Waals surface area contributed by atoms with Gasteiger partial charge >= 0.3 is 0 Å². The molecular weight excluding hydrogens is 284 g/mol. The largest absolute Gasteiger partial charge is 0.326 e. The monoisotopic (exact) mass is 300 g/mol. The third-order valence-electron chi connectivity index (χ3n) is 2.80. The third-order valence-corrected chi connectivity index (χ3v) is 3.52. The van der Waals surface area contributed by atoms with Gasteiger partial charge in [-0.15, -0.1) is 11.8 Å². The summed E-state index contributed by atoms with van der Waals surface area (Å²) < 4.78 is 0. The molecular formula is C16H16N2O2S. The van der Waals surface area contributed by atoms with E-state index in [1.165, 1.54) is 6.92 Å². The van der Waals surface area contributed by atoms with E-state index in [4.69, 9.17) is 0 Å². The van der Waals surface area contributed by atoms with Crippen molar-refractivity contribution < 1.29 is 9.59 Å². The molecule has 0 spiro atoms. The first-order valence-electron chi connectivity index (χ1n) is 6.41.